The van der Waals surface area contributed by atoms with E-state index in [0.29, 0.717) is 12.3 Å². The van der Waals surface area contributed by atoms with Crippen LogP contribution in [0.25, 0.3) is 21.7 Å². The van der Waals surface area contributed by atoms with E-state index in [2.05, 4.69) is 97.4 Å². The van der Waals surface area contributed by atoms with Gasteiger partial charge in [0.25, 0.3) is 0 Å². The van der Waals surface area contributed by atoms with Gasteiger partial charge in [0, 0.05) is 32.4 Å². The van der Waals surface area contributed by atoms with Crippen LogP contribution in [0.3, 0.4) is 0 Å². The smallest absolute Gasteiger partial charge is 0.217 e. The largest absolute Gasteiger partial charge is 0.481 e. The number of ether oxygens (including phenoxy) is 1. The molecule has 4 aromatic carbocycles. The van der Waals surface area contributed by atoms with Crippen LogP contribution in [-0.4, -0.2) is 41.7 Å². The minimum atomic E-state index is -1.23. The first-order chi connectivity index (χ1) is 19.9. The molecule has 6 heteroatoms. The molecule has 41 heavy (non-hydrogen) atoms. The lowest BCUT2D eigenvalue weighted by Crippen LogP contribution is -2.40. The van der Waals surface area contributed by atoms with Gasteiger partial charge in [0.15, 0.2) is 0 Å². The van der Waals surface area contributed by atoms with Crippen LogP contribution >= 0.6 is 31.9 Å². The third-order valence-electron chi connectivity index (χ3n) is 8.44. The molecule has 1 fully saturated rings. The van der Waals surface area contributed by atoms with Gasteiger partial charge >= 0.3 is 0 Å². The van der Waals surface area contributed by atoms with E-state index in [-0.39, 0.29) is 0 Å². The lowest BCUT2D eigenvalue weighted by Gasteiger charge is -2.40. The third-order valence-corrected chi connectivity index (χ3v) is 9.43. The van der Waals surface area contributed by atoms with E-state index in [1.165, 1.54) is 19.3 Å². The van der Waals surface area contributed by atoms with Crippen molar-refractivity contribution in [2.24, 2.45) is 0 Å². The zero-order valence-electron chi connectivity index (χ0n) is 23.2. The summed E-state index contributed by atoms with van der Waals surface area (Å²) >= 11 is 7.24. The number of halogens is 2. The van der Waals surface area contributed by atoms with Crippen LogP contribution in [0.2, 0.25) is 0 Å². The fourth-order valence-electron chi connectivity index (χ4n) is 6.33. The Morgan fingerprint density at radius 1 is 0.829 bits per heavy atom. The summed E-state index contributed by atoms with van der Waals surface area (Å²) < 4.78 is 7.97. The van der Waals surface area contributed by atoms with Crippen LogP contribution in [0.1, 0.15) is 48.3 Å². The van der Waals surface area contributed by atoms with Crippen molar-refractivity contribution in [1.29, 1.82) is 0 Å². The fourth-order valence-corrected chi connectivity index (χ4v) is 7.08. The number of piperidine rings is 1. The minimum Gasteiger partial charge on any atom is -0.481 e. The molecule has 1 aliphatic rings. The van der Waals surface area contributed by atoms with Gasteiger partial charge in [-0.05, 0) is 96.7 Å². The van der Waals surface area contributed by atoms with Crippen LogP contribution in [0.15, 0.2) is 99.9 Å². The average Bonchev–Trinajstić information content (AvgIpc) is 3.00. The maximum atomic E-state index is 13.2. The average molecular weight is 674 g/mol. The van der Waals surface area contributed by atoms with Gasteiger partial charge in [-0.1, -0.05) is 86.8 Å². The van der Waals surface area contributed by atoms with Crippen LogP contribution < -0.4 is 4.74 Å². The molecule has 1 aromatic heterocycles. The van der Waals surface area contributed by atoms with Crippen molar-refractivity contribution in [1.82, 2.24) is 9.88 Å². The second kappa shape index (κ2) is 12.2. The number of fused-ring (bicyclic) bond motifs is 2. The molecule has 5 aromatic rings. The SMILES string of the molecule is COc1nc2ccc(Br)cc2cc1C(c1ccccc1)C(O)(CCN1CCCCC1)c1ccc2cc(Br)ccc2c1. The number of nitrogens with zero attached hydrogens (tertiary/aromatic N) is 2. The molecule has 2 atom stereocenters. The monoisotopic (exact) mass is 672 g/mol. The minimum absolute atomic E-state index is 0.410. The second-order valence-electron chi connectivity index (χ2n) is 11.1. The molecule has 2 unspecified atom stereocenters. The molecule has 2 heterocycles. The molecule has 0 saturated carbocycles. The second-order valence-corrected chi connectivity index (χ2v) is 12.9. The number of hydrogen-bond donors (Lipinski definition) is 1. The first-order valence-corrected chi connectivity index (χ1v) is 15.9. The standard InChI is InChI=1S/C35H34Br2N2O2/c1-41-34-31(23-27-22-30(37)14-15-32(27)38-34)33(24-8-4-2-5-9-24)35(40,16-19-39-17-6-3-7-18-39)28-12-10-26-21-29(36)13-11-25(26)20-28/h2,4-5,8-15,20-23,33,40H,3,6-7,16-19H2,1H3. The number of methoxy groups -OCH3 is 1. The van der Waals surface area contributed by atoms with E-state index in [0.717, 1.165) is 66.9 Å². The molecule has 0 spiro atoms. The van der Waals surface area contributed by atoms with Gasteiger partial charge in [0.05, 0.1) is 12.6 Å². The number of hydrogen-bond acceptors (Lipinski definition) is 4. The highest BCUT2D eigenvalue weighted by Gasteiger charge is 2.42. The molecule has 0 aliphatic carbocycles. The molecule has 210 valence electrons. The maximum Gasteiger partial charge on any atom is 0.217 e. The van der Waals surface area contributed by atoms with E-state index >= 15 is 0 Å². The van der Waals surface area contributed by atoms with Gasteiger partial charge in [-0.15, -0.1) is 0 Å². The Bertz CT molecular complexity index is 1670. The number of benzene rings is 4. The van der Waals surface area contributed by atoms with Crippen molar-refractivity contribution in [2.45, 2.75) is 37.2 Å². The number of aromatic nitrogens is 1. The fraction of sp³-hybridized carbons (Fsp3) is 0.286. The molecule has 0 amide bonds. The van der Waals surface area contributed by atoms with Crippen molar-refractivity contribution in [3.05, 3.63) is 117 Å². The Labute approximate surface area is 258 Å². The number of pyridine rings is 1. The summed E-state index contributed by atoms with van der Waals surface area (Å²) in [4.78, 5) is 7.43. The van der Waals surface area contributed by atoms with Crippen LogP contribution in [-0.2, 0) is 5.60 Å². The topological polar surface area (TPSA) is 45.6 Å². The lowest BCUT2D eigenvalue weighted by molar-refractivity contribution is -0.000952. The summed E-state index contributed by atoms with van der Waals surface area (Å²) in [6.07, 6.45) is 4.28. The molecule has 6 rings (SSSR count). The zero-order chi connectivity index (χ0) is 28.4. The highest BCUT2D eigenvalue weighted by Crippen LogP contribution is 2.48. The van der Waals surface area contributed by atoms with E-state index < -0.39 is 11.5 Å². The number of aliphatic hydroxyl groups is 1. The van der Waals surface area contributed by atoms with E-state index in [1.807, 2.05) is 30.3 Å². The highest BCUT2D eigenvalue weighted by molar-refractivity contribution is 9.10. The number of likely N-dealkylation sites (tertiary alicyclic amines) is 1. The zero-order valence-corrected chi connectivity index (χ0v) is 26.4. The van der Waals surface area contributed by atoms with Gasteiger partial charge < -0.3 is 14.7 Å². The molecule has 4 nitrogen and oxygen atoms in total. The van der Waals surface area contributed by atoms with Gasteiger partial charge in [-0.25, -0.2) is 4.98 Å². The van der Waals surface area contributed by atoms with E-state index in [9.17, 15) is 5.11 Å². The summed E-state index contributed by atoms with van der Waals surface area (Å²) in [7, 11) is 1.67. The van der Waals surface area contributed by atoms with E-state index in [4.69, 9.17) is 9.72 Å². The van der Waals surface area contributed by atoms with Gasteiger partial charge in [0.2, 0.25) is 5.88 Å². The summed E-state index contributed by atoms with van der Waals surface area (Å²) in [5.74, 6) is 0.127. The quantitative estimate of drug-likeness (QED) is 0.179. The summed E-state index contributed by atoms with van der Waals surface area (Å²) in [6, 6.07) is 31.2. The van der Waals surface area contributed by atoms with Crippen LogP contribution in [0, 0.1) is 0 Å². The Morgan fingerprint density at radius 3 is 2.27 bits per heavy atom. The summed E-state index contributed by atoms with van der Waals surface area (Å²) in [5, 5.41) is 16.4. The molecular formula is C35H34Br2N2O2. The van der Waals surface area contributed by atoms with Crippen molar-refractivity contribution in [3.63, 3.8) is 0 Å². The molecule has 1 aliphatic heterocycles. The Hall–Kier alpha value is -2.77. The van der Waals surface area contributed by atoms with Gasteiger partial charge in [-0.3, -0.25) is 0 Å². The van der Waals surface area contributed by atoms with Crippen LogP contribution in [0.5, 0.6) is 5.88 Å². The molecule has 1 N–H and O–H groups in total. The Balaban J connectivity index is 1.57. The first-order valence-electron chi connectivity index (χ1n) is 14.3. The van der Waals surface area contributed by atoms with Crippen molar-refractivity contribution < 1.29 is 9.84 Å². The van der Waals surface area contributed by atoms with Crippen molar-refractivity contribution in [3.8, 4) is 5.88 Å². The number of rotatable bonds is 8. The Kier molecular flexibility index (Phi) is 8.45. The van der Waals surface area contributed by atoms with Crippen molar-refractivity contribution in [2.75, 3.05) is 26.7 Å². The Morgan fingerprint density at radius 2 is 1.51 bits per heavy atom. The normalized spacial score (nSPS) is 16.5. The molecule has 0 radical (unpaired) electrons. The van der Waals surface area contributed by atoms with E-state index in [1.54, 1.807) is 7.11 Å². The lowest BCUT2D eigenvalue weighted by atomic mass is 9.71. The van der Waals surface area contributed by atoms with Crippen LogP contribution in [0.4, 0.5) is 0 Å². The third kappa shape index (κ3) is 5.94. The highest BCUT2D eigenvalue weighted by atomic mass is 79.9. The molecule has 1 saturated heterocycles. The maximum absolute atomic E-state index is 13.2. The van der Waals surface area contributed by atoms with Crippen molar-refractivity contribution >= 4 is 53.5 Å². The first kappa shape index (κ1) is 28.4. The summed E-state index contributed by atoms with van der Waals surface area (Å²) in [6.45, 7) is 2.96. The predicted molar refractivity (Wildman–Crippen MR) is 175 cm³/mol. The molecule has 0 bridgehead atoms. The van der Waals surface area contributed by atoms with Gasteiger partial charge in [-0.2, -0.15) is 0 Å². The molecular weight excluding hydrogens is 640 g/mol. The van der Waals surface area contributed by atoms with Gasteiger partial charge in [0.1, 0.15) is 5.60 Å². The predicted octanol–water partition coefficient (Wildman–Crippen LogP) is 8.82. The summed E-state index contributed by atoms with van der Waals surface area (Å²) in [5.41, 5.74) is 2.43.